The molecule has 1 N–H and O–H groups in total. The maximum atomic E-state index is 11.8. The number of nitrogens with zero attached hydrogens (tertiary/aromatic N) is 1. The molecule has 7 heteroatoms. The number of amides is 1. The molecule has 0 aliphatic heterocycles. The van der Waals surface area contributed by atoms with Crippen molar-refractivity contribution in [1.82, 2.24) is 4.98 Å². The number of ether oxygens (including phenoxy) is 2. The van der Waals surface area contributed by atoms with Crippen molar-refractivity contribution in [2.75, 3.05) is 12.4 Å². The molecule has 1 aromatic heterocycles. The van der Waals surface area contributed by atoms with Crippen LogP contribution in [0.15, 0.2) is 40.8 Å². The van der Waals surface area contributed by atoms with Crippen LogP contribution in [0.1, 0.15) is 28.7 Å². The number of anilines is 1. The molecule has 0 atom stereocenters. The number of esters is 1. The Hall–Kier alpha value is -3.35. The summed E-state index contributed by atoms with van der Waals surface area (Å²) in [5.74, 6) is 0.363. The molecule has 7 nitrogen and oxygen atoms in total. The van der Waals surface area contributed by atoms with Gasteiger partial charge in [-0.25, -0.2) is 9.78 Å². The van der Waals surface area contributed by atoms with Gasteiger partial charge in [0.2, 0.25) is 11.8 Å². The molecule has 0 radical (unpaired) electrons. The first kappa shape index (κ1) is 17.5. The van der Waals surface area contributed by atoms with Gasteiger partial charge in [0.15, 0.2) is 12.2 Å². The minimum atomic E-state index is -0.472. The Labute approximate surface area is 149 Å². The smallest absolute Gasteiger partial charge is 0.340 e. The molecule has 0 saturated carbocycles. The van der Waals surface area contributed by atoms with E-state index in [-0.39, 0.29) is 12.5 Å². The van der Waals surface area contributed by atoms with Crippen LogP contribution in [0.4, 0.5) is 5.69 Å². The van der Waals surface area contributed by atoms with Gasteiger partial charge >= 0.3 is 5.97 Å². The van der Waals surface area contributed by atoms with Crippen LogP contribution in [0, 0.1) is 6.92 Å². The standard InChI is InChI=1S/C19H18N2O5/c1-11-9-13(7-8-15(11)20-12(2)22)25-10-17-21-18-14(19(23)24-3)5-4-6-16(18)26-17/h4-9H,10H2,1-3H3,(H,20,22). The van der Waals surface area contributed by atoms with E-state index >= 15 is 0 Å². The van der Waals surface area contributed by atoms with E-state index in [2.05, 4.69) is 10.3 Å². The van der Waals surface area contributed by atoms with E-state index in [1.54, 1.807) is 30.3 Å². The third-order valence-electron chi connectivity index (χ3n) is 3.74. The average molecular weight is 354 g/mol. The van der Waals surface area contributed by atoms with Gasteiger partial charge in [-0.3, -0.25) is 4.79 Å². The van der Waals surface area contributed by atoms with Gasteiger partial charge in [0.1, 0.15) is 11.3 Å². The average Bonchev–Trinajstić information content (AvgIpc) is 3.04. The van der Waals surface area contributed by atoms with Crippen molar-refractivity contribution < 1.29 is 23.5 Å². The van der Waals surface area contributed by atoms with Gasteiger partial charge in [-0.1, -0.05) is 6.07 Å². The monoisotopic (exact) mass is 354 g/mol. The Kier molecular flexibility index (Phi) is 4.88. The topological polar surface area (TPSA) is 90.7 Å². The molecule has 0 bridgehead atoms. The van der Waals surface area contributed by atoms with Gasteiger partial charge in [0.05, 0.1) is 12.7 Å². The van der Waals surface area contributed by atoms with Crippen molar-refractivity contribution in [1.29, 1.82) is 0 Å². The third-order valence-corrected chi connectivity index (χ3v) is 3.74. The molecule has 2 aromatic carbocycles. The van der Waals surface area contributed by atoms with E-state index in [4.69, 9.17) is 13.9 Å². The Bertz CT molecular complexity index is 977. The van der Waals surface area contributed by atoms with Crippen molar-refractivity contribution in [3.63, 3.8) is 0 Å². The summed E-state index contributed by atoms with van der Waals surface area (Å²) in [6.45, 7) is 3.44. The molecule has 0 saturated heterocycles. The largest absolute Gasteiger partial charge is 0.484 e. The number of aromatic nitrogens is 1. The summed E-state index contributed by atoms with van der Waals surface area (Å²) in [5.41, 5.74) is 2.88. The molecule has 1 amide bonds. The Balaban J connectivity index is 1.77. The molecule has 3 aromatic rings. The number of carbonyl (C=O) groups excluding carboxylic acids is 2. The van der Waals surface area contributed by atoms with Crippen LogP contribution in [0.3, 0.4) is 0 Å². The molecule has 1 heterocycles. The minimum Gasteiger partial charge on any atom is -0.484 e. The predicted octanol–water partition coefficient (Wildman–Crippen LogP) is 3.46. The highest BCUT2D eigenvalue weighted by Gasteiger charge is 2.16. The number of para-hydroxylation sites is 1. The number of hydrogen-bond donors (Lipinski definition) is 1. The van der Waals surface area contributed by atoms with Gasteiger partial charge in [0.25, 0.3) is 0 Å². The number of benzene rings is 2. The van der Waals surface area contributed by atoms with Crippen molar-refractivity contribution in [2.24, 2.45) is 0 Å². The van der Waals surface area contributed by atoms with E-state index < -0.39 is 5.97 Å². The zero-order chi connectivity index (χ0) is 18.7. The molecule has 3 rings (SSSR count). The lowest BCUT2D eigenvalue weighted by atomic mass is 10.2. The van der Waals surface area contributed by atoms with Crippen LogP contribution in [0.25, 0.3) is 11.1 Å². The maximum absolute atomic E-state index is 11.8. The van der Waals surface area contributed by atoms with E-state index in [0.717, 1.165) is 11.3 Å². The van der Waals surface area contributed by atoms with Crippen LogP contribution in [0.5, 0.6) is 5.75 Å². The van der Waals surface area contributed by atoms with Crippen LogP contribution in [-0.4, -0.2) is 24.0 Å². The van der Waals surface area contributed by atoms with Gasteiger partial charge in [-0.2, -0.15) is 0 Å². The molecule has 0 unspecified atom stereocenters. The zero-order valence-electron chi connectivity index (χ0n) is 14.7. The number of hydrogen-bond acceptors (Lipinski definition) is 6. The quantitative estimate of drug-likeness (QED) is 0.706. The fraction of sp³-hybridized carbons (Fsp3) is 0.211. The Morgan fingerprint density at radius 3 is 2.73 bits per heavy atom. The normalized spacial score (nSPS) is 10.6. The lowest BCUT2D eigenvalue weighted by molar-refractivity contribution is -0.114. The molecular formula is C19H18N2O5. The van der Waals surface area contributed by atoms with Crippen LogP contribution < -0.4 is 10.1 Å². The number of methoxy groups -OCH3 is 1. The third kappa shape index (κ3) is 3.66. The highest BCUT2D eigenvalue weighted by Crippen LogP contribution is 2.24. The first-order valence-corrected chi connectivity index (χ1v) is 7.95. The number of aryl methyl sites for hydroxylation is 1. The van der Waals surface area contributed by atoms with E-state index in [0.29, 0.717) is 28.3 Å². The van der Waals surface area contributed by atoms with Gasteiger partial charge in [-0.15, -0.1) is 0 Å². The van der Waals surface area contributed by atoms with E-state index in [1.807, 2.05) is 13.0 Å². The summed E-state index contributed by atoms with van der Waals surface area (Å²) < 4.78 is 16.1. The molecule has 26 heavy (non-hydrogen) atoms. The first-order valence-electron chi connectivity index (χ1n) is 7.95. The SMILES string of the molecule is COC(=O)c1cccc2oc(COc3ccc(NC(C)=O)c(C)c3)nc12. The second kappa shape index (κ2) is 7.26. The highest BCUT2D eigenvalue weighted by molar-refractivity contribution is 6.01. The lowest BCUT2D eigenvalue weighted by Crippen LogP contribution is -2.07. The Morgan fingerprint density at radius 2 is 2.04 bits per heavy atom. The fourth-order valence-corrected chi connectivity index (χ4v) is 2.53. The number of carbonyl (C=O) groups is 2. The first-order chi connectivity index (χ1) is 12.5. The number of rotatable bonds is 5. The summed E-state index contributed by atoms with van der Waals surface area (Å²) in [5, 5.41) is 2.75. The number of fused-ring (bicyclic) bond motifs is 1. The van der Waals surface area contributed by atoms with Crippen LogP contribution in [0.2, 0.25) is 0 Å². The Morgan fingerprint density at radius 1 is 1.23 bits per heavy atom. The maximum Gasteiger partial charge on any atom is 0.340 e. The second-order valence-electron chi connectivity index (χ2n) is 5.70. The number of nitrogens with one attached hydrogen (secondary N) is 1. The van der Waals surface area contributed by atoms with Crippen LogP contribution in [-0.2, 0) is 16.1 Å². The molecular weight excluding hydrogens is 336 g/mol. The van der Waals surface area contributed by atoms with Gasteiger partial charge in [-0.05, 0) is 42.8 Å². The predicted molar refractivity (Wildman–Crippen MR) is 95.2 cm³/mol. The van der Waals surface area contributed by atoms with Crippen molar-refractivity contribution in [3.05, 3.63) is 53.4 Å². The summed E-state index contributed by atoms with van der Waals surface area (Å²) in [6.07, 6.45) is 0. The molecule has 0 fully saturated rings. The minimum absolute atomic E-state index is 0.105. The molecule has 0 aliphatic rings. The summed E-state index contributed by atoms with van der Waals surface area (Å²) in [4.78, 5) is 27.3. The van der Waals surface area contributed by atoms with Crippen LogP contribution >= 0.6 is 0 Å². The van der Waals surface area contributed by atoms with Crippen molar-refractivity contribution in [2.45, 2.75) is 20.5 Å². The summed E-state index contributed by atoms with van der Waals surface area (Å²) >= 11 is 0. The second-order valence-corrected chi connectivity index (χ2v) is 5.70. The lowest BCUT2D eigenvalue weighted by Gasteiger charge is -2.09. The fourth-order valence-electron chi connectivity index (χ4n) is 2.53. The van der Waals surface area contributed by atoms with Crippen molar-refractivity contribution in [3.8, 4) is 5.75 Å². The van der Waals surface area contributed by atoms with Crippen molar-refractivity contribution >= 4 is 28.7 Å². The summed E-state index contributed by atoms with van der Waals surface area (Å²) in [7, 11) is 1.32. The molecule has 0 spiro atoms. The number of oxazole rings is 1. The van der Waals surface area contributed by atoms with Gasteiger partial charge in [0, 0.05) is 12.6 Å². The zero-order valence-corrected chi connectivity index (χ0v) is 14.7. The molecule has 0 aliphatic carbocycles. The van der Waals surface area contributed by atoms with E-state index in [9.17, 15) is 9.59 Å². The highest BCUT2D eigenvalue weighted by atomic mass is 16.5. The summed E-state index contributed by atoms with van der Waals surface area (Å²) in [6, 6.07) is 10.4. The van der Waals surface area contributed by atoms with Gasteiger partial charge < -0.3 is 19.2 Å². The van der Waals surface area contributed by atoms with E-state index in [1.165, 1.54) is 14.0 Å². The molecule has 134 valence electrons.